The molecule has 0 aliphatic carbocycles. The van der Waals surface area contributed by atoms with Gasteiger partial charge in [0.2, 0.25) is 5.88 Å². The molecular formula is C18H24N6O3. The first-order valence-electron chi connectivity index (χ1n) is 8.87. The first kappa shape index (κ1) is 18.8. The number of carbonyl (C=O) groups is 1. The highest BCUT2D eigenvalue weighted by atomic mass is 16.5. The maximum absolute atomic E-state index is 12.2. The number of carbonyl (C=O) groups excluding carboxylic acids is 1. The van der Waals surface area contributed by atoms with Crippen LogP contribution < -0.4 is 20.3 Å². The summed E-state index contributed by atoms with van der Waals surface area (Å²) in [6, 6.07) is 5.30. The maximum atomic E-state index is 12.2. The van der Waals surface area contributed by atoms with Crippen molar-refractivity contribution >= 4 is 17.5 Å². The van der Waals surface area contributed by atoms with Crippen molar-refractivity contribution in [2.24, 2.45) is 0 Å². The lowest BCUT2D eigenvalue weighted by molar-refractivity contribution is 0.0951. The molecule has 2 N–H and O–H groups in total. The number of ether oxygens (including phenoxy) is 2. The number of hydrogen-bond donors (Lipinski definition) is 2. The molecule has 3 heterocycles. The van der Waals surface area contributed by atoms with Gasteiger partial charge in [0.25, 0.3) is 5.91 Å². The second kappa shape index (κ2) is 9.13. The first-order chi connectivity index (χ1) is 13.2. The number of nitrogens with one attached hydrogen (secondary N) is 2. The molecule has 0 atom stereocenters. The number of nitrogens with zero attached hydrogens (tertiary/aromatic N) is 4. The summed E-state index contributed by atoms with van der Waals surface area (Å²) in [5, 5.41) is 6.07. The topological polar surface area (TPSA) is 102 Å². The molecule has 0 spiro atoms. The van der Waals surface area contributed by atoms with Crippen LogP contribution in [0.5, 0.6) is 5.88 Å². The van der Waals surface area contributed by atoms with Crippen molar-refractivity contribution in [2.75, 3.05) is 56.7 Å². The Bertz CT molecular complexity index is 779. The van der Waals surface area contributed by atoms with Gasteiger partial charge in [-0.1, -0.05) is 0 Å². The molecule has 1 aliphatic heterocycles. The number of aryl methyl sites for hydroxylation is 1. The fraction of sp³-hybridized carbons (Fsp3) is 0.444. The number of methoxy groups -OCH3 is 1. The minimum atomic E-state index is -0.227. The molecule has 9 nitrogen and oxygen atoms in total. The third-order valence-electron chi connectivity index (χ3n) is 4.09. The predicted molar refractivity (Wildman–Crippen MR) is 101 cm³/mol. The van der Waals surface area contributed by atoms with Gasteiger partial charge >= 0.3 is 0 Å². The van der Waals surface area contributed by atoms with Gasteiger partial charge in [0, 0.05) is 38.4 Å². The summed E-state index contributed by atoms with van der Waals surface area (Å²) in [5.74, 6) is 2.40. The summed E-state index contributed by atoms with van der Waals surface area (Å²) in [5.41, 5.74) is 0.410. The zero-order valence-corrected chi connectivity index (χ0v) is 15.6. The second-order valence-electron chi connectivity index (χ2n) is 6.00. The fourth-order valence-corrected chi connectivity index (χ4v) is 2.79. The van der Waals surface area contributed by atoms with Gasteiger partial charge in [-0.3, -0.25) is 4.79 Å². The summed E-state index contributed by atoms with van der Waals surface area (Å²) in [4.78, 5) is 27.4. The van der Waals surface area contributed by atoms with E-state index in [0.717, 1.165) is 24.7 Å². The number of pyridine rings is 1. The summed E-state index contributed by atoms with van der Waals surface area (Å²) < 4.78 is 10.5. The van der Waals surface area contributed by atoms with Crippen LogP contribution in [0, 0.1) is 6.92 Å². The number of morpholine rings is 1. The Hall–Kier alpha value is -2.94. The van der Waals surface area contributed by atoms with Gasteiger partial charge in [-0.2, -0.15) is 0 Å². The first-order valence-corrected chi connectivity index (χ1v) is 8.87. The highest BCUT2D eigenvalue weighted by Crippen LogP contribution is 2.17. The van der Waals surface area contributed by atoms with E-state index in [1.165, 1.54) is 7.11 Å². The Morgan fingerprint density at radius 3 is 2.89 bits per heavy atom. The standard InChI is InChI=1S/C18H24N6O3/c1-13-22-15(12-16(23-13)24-8-10-27-11-9-24)19-6-7-20-17(25)14-4-3-5-21-18(14)26-2/h3-5,12H,6-11H2,1-2H3,(H,20,25)(H,19,22,23). The normalized spacial score (nSPS) is 13.9. The van der Waals surface area contributed by atoms with E-state index >= 15 is 0 Å². The van der Waals surface area contributed by atoms with Gasteiger partial charge in [0.15, 0.2) is 0 Å². The van der Waals surface area contributed by atoms with Crippen molar-refractivity contribution in [1.82, 2.24) is 20.3 Å². The van der Waals surface area contributed by atoms with Crippen molar-refractivity contribution in [3.05, 3.63) is 35.8 Å². The van der Waals surface area contributed by atoms with Gasteiger partial charge < -0.3 is 25.0 Å². The average molecular weight is 372 g/mol. The number of amides is 1. The van der Waals surface area contributed by atoms with Gasteiger partial charge in [0.1, 0.15) is 23.0 Å². The van der Waals surface area contributed by atoms with Gasteiger partial charge in [-0.15, -0.1) is 0 Å². The van der Waals surface area contributed by atoms with E-state index in [2.05, 4.69) is 30.5 Å². The van der Waals surface area contributed by atoms with Gasteiger partial charge in [-0.25, -0.2) is 15.0 Å². The number of rotatable bonds is 7. The van der Waals surface area contributed by atoms with E-state index < -0.39 is 0 Å². The maximum Gasteiger partial charge on any atom is 0.256 e. The monoisotopic (exact) mass is 372 g/mol. The zero-order chi connectivity index (χ0) is 19.1. The molecule has 0 aromatic carbocycles. The summed E-state index contributed by atoms with van der Waals surface area (Å²) in [6.45, 7) is 5.88. The second-order valence-corrected chi connectivity index (χ2v) is 6.00. The van der Waals surface area contributed by atoms with Crippen LogP contribution in [0.25, 0.3) is 0 Å². The molecule has 0 radical (unpaired) electrons. The molecule has 9 heteroatoms. The Morgan fingerprint density at radius 2 is 2.11 bits per heavy atom. The fourth-order valence-electron chi connectivity index (χ4n) is 2.79. The lowest BCUT2D eigenvalue weighted by Gasteiger charge is -2.28. The summed E-state index contributed by atoms with van der Waals surface area (Å²) in [6.07, 6.45) is 1.58. The van der Waals surface area contributed by atoms with Crippen LogP contribution in [0.15, 0.2) is 24.4 Å². The molecular weight excluding hydrogens is 348 g/mol. The van der Waals surface area contributed by atoms with E-state index in [1.807, 2.05) is 13.0 Å². The molecule has 2 aromatic rings. The molecule has 1 amide bonds. The van der Waals surface area contributed by atoms with E-state index in [0.29, 0.717) is 43.6 Å². The highest BCUT2D eigenvalue weighted by molar-refractivity contribution is 5.96. The largest absolute Gasteiger partial charge is 0.480 e. The third-order valence-corrected chi connectivity index (χ3v) is 4.09. The zero-order valence-electron chi connectivity index (χ0n) is 15.6. The van der Waals surface area contributed by atoms with E-state index in [-0.39, 0.29) is 5.91 Å². The molecule has 27 heavy (non-hydrogen) atoms. The Balaban J connectivity index is 1.53. The van der Waals surface area contributed by atoms with E-state index in [4.69, 9.17) is 9.47 Å². The van der Waals surface area contributed by atoms with Crippen LogP contribution in [-0.4, -0.2) is 67.4 Å². The molecule has 144 valence electrons. The Morgan fingerprint density at radius 1 is 1.30 bits per heavy atom. The van der Waals surface area contributed by atoms with Gasteiger partial charge in [-0.05, 0) is 19.1 Å². The van der Waals surface area contributed by atoms with Crippen molar-refractivity contribution in [3.8, 4) is 5.88 Å². The molecule has 1 saturated heterocycles. The van der Waals surface area contributed by atoms with Crippen LogP contribution in [-0.2, 0) is 4.74 Å². The number of hydrogen-bond acceptors (Lipinski definition) is 8. The smallest absolute Gasteiger partial charge is 0.256 e. The molecule has 0 saturated carbocycles. The van der Waals surface area contributed by atoms with Crippen LogP contribution in [0.1, 0.15) is 16.2 Å². The van der Waals surface area contributed by atoms with Crippen molar-refractivity contribution in [3.63, 3.8) is 0 Å². The van der Waals surface area contributed by atoms with Crippen molar-refractivity contribution < 1.29 is 14.3 Å². The lowest BCUT2D eigenvalue weighted by Crippen LogP contribution is -2.37. The molecule has 1 fully saturated rings. The van der Waals surface area contributed by atoms with Crippen molar-refractivity contribution in [2.45, 2.75) is 6.92 Å². The molecule has 3 rings (SSSR count). The number of anilines is 2. The predicted octanol–water partition coefficient (Wildman–Crippen LogP) is 0.867. The minimum absolute atomic E-state index is 0.227. The average Bonchev–Trinajstić information content (AvgIpc) is 2.71. The Labute approximate surface area is 158 Å². The van der Waals surface area contributed by atoms with Crippen LogP contribution in [0.3, 0.4) is 0 Å². The van der Waals surface area contributed by atoms with Crippen LogP contribution in [0.2, 0.25) is 0 Å². The molecule has 0 unspecified atom stereocenters. The Kier molecular flexibility index (Phi) is 6.37. The van der Waals surface area contributed by atoms with Crippen LogP contribution in [0.4, 0.5) is 11.6 Å². The third kappa shape index (κ3) is 5.04. The van der Waals surface area contributed by atoms with Crippen molar-refractivity contribution in [1.29, 1.82) is 0 Å². The lowest BCUT2D eigenvalue weighted by atomic mass is 10.2. The molecule has 2 aromatic heterocycles. The van der Waals surface area contributed by atoms with E-state index in [9.17, 15) is 4.79 Å². The SMILES string of the molecule is COc1ncccc1C(=O)NCCNc1cc(N2CCOCC2)nc(C)n1. The summed E-state index contributed by atoms with van der Waals surface area (Å²) in [7, 11) is 1.49. The molecule has 1 aliphatic rings. The number of aromatic nitrogens is 3. The van der Waals surface area contributed by atoms with Crippen LogP contribution >= 0.6 is 0 Å². The summed E-state index contributed by atoms with van der Waals surface area (Å²) >= 11 is 0. The van der Waals surface area contributed by atoms with E-state index in [1.54, 1.807) is 18.3 Å². The minimum Gasteiger partial charge on any atom is -0.480 e. The quantitative estimate of drug-likeness (QED) is 0.691. The van der Waals surface area contributed by atoms with Gasteiger partial charge in [0.05, 0.1) is 20.3 Å². The molecule has 0 bridgehead atoms. The highest BCUT2D eigenvalue weighted by Gasteiger charge is 2.14.